The van der Waals surface area contributed by atoms with Gasteiger partial charge in [-0.3, -0.25) is 9.59 Å². The molecule has 2 atom stereocenters. The van der Waals surface area contributed by atoms with E-state index in [2.05, 4.69) is 5.32 Å². The molecule has 0 fully saturated rings. The number of hydrogen-bond acceptors (Lipinski definition) is 3. The summed E-state index contributed by atoms with van der Waals surface area (Å²) in [6, 6.07) is 18.6. The third-order valence-electron chi connectivity index (χ3n) is 5.54. The highest BCUT2D eigenvalue weighted by Crippen LogP contribution is 2.25. The molecule has 3 aromatic carbocycles. The average molecular weight is 437 g/mol. The minimum absolute atomic E-state index is 0.000318. The molecule has 0 aliphatic rings. The smallest absolute Gasteiger partial charge is 0.261 e. The molecule has 0 aliphatic heterocycles. The van der Waals surface area contributed by atoms with Crippen LogP contribution in [-0.4, -0.2) is 35.4 Å². The number of fused-ring (bicyclic) bond motifs is 1. The average Bonchev–Trinajstić information content (AvgIpc) is 2.81. The number of amides is 2. The Kier molecular flexibility index (Phi) is 7.82. The molecule has 0 saturated carbocycles. The summed E-state index contributed by atoms with van der Waals surface area (Å²) in [6.45, 7) is 5.55. The predicted octanol–water partition coefficient (Wildman–Crippen LogP) is 4.69. The van der Waals surface area contributed by atoms with E-state index >= 15 is 0 Å². The van der Waals surface area contributed by atoms with Crippen molar-refractivity contribution in [1.29, 1.82) is 0 Å². The fourth-order valence-electron chi connectivity index (χ4n) is 3.38. The zero-order valence-corrected chi connectivity index (χ0v) is 18.7. The van der Waals surface area contributed by atoms with Crippen molar-refractivity contribution < 1.29 is 18.7 Å². The molecule has 0 aromatic heterocycles. The Balaban J connectivity index is 1.78. The van der Waals surface area contributed by atoms with Gasteiger partial charge in [0.2, 0.25) is 5.91 Å². The zero-order chi connectivity index (χ0) is 23.1. The minimum atomic E-state index is -0.710. The summed E-state index contributed by atoms with van der Waals surface area (Å²) in [7, 11) is 0. The highest BCUT2D eigenvalue weighted by Gasteiger charge is 2.27. The number of carbonyl (C=O) groups excluding carboxylic acids is 2. The monoisotopic (exact) mass is 436 g/mol. The van der Waals surface area contributed by atoms with E-state index in [0.717, 1.165) is 22.8 Å². The van der Waals surface area contributed by atoms with Gasteiger partial charge in [-0.2, -0.15) is 0 Å². The number of ether oxygens (including phenoxy) is 1. The van der Waals surface area contributed by atoms with Crippen molar-refractivity contribution in [3.63, 3.8) is 0 Å². The Labute approximate surface area is 188 Å². The van der Waals surface area contributed by atoms with Crippen LogP contribution in [0.2, 0.25) is 0 Å². The van der Waals surface area contributed by atoms with Gasteiger partial charge in [0.25, 0.3) is 5.91 Å². The van der Waals surface area contributed by atoms with Gasteiger partial charge in [-0.25, -0.2) is 4.39 Å². The molecule has 6 heteroatoms. The molecular formula is C26H29FN2O3. The van der Waals surface area contributed by atoms with Gasteiger partial charge in [0, 0.05) is 18.0 Å². The summed E-state index contributed by atoms with van der Waals surface area (Å²) in [5, 5.41) is 4.85. The molecule has 0 heterocycles. The largest absolute Gasteiger partial charge is 0.483 e. The number of nitrogens with zero attached hydrogens (tertiary/aromatic N) is 1. The maximum atomic E-state index is 13.3. The number of nitrogens with one attached hydrogen (secondary N) is 1. The molecule has 2 amide bonds. The quantitative estimate of drug-likeness (QED) is 0.529. The number of carbonyl (C=O) groups is 2. The van der Waals surface area contributed by atoms with Gasteiger partial charge in [-0.1, -0.05) is 55.5 Å². The van der Waals surface area contributed by atoms with Crippen molar-refractivity contribution in [2.24, 2.45) is 0 Å². The van der Waals surface area contributed by atoms with Crippen molar-refractivity contribution in [3.05, 3.63) is 78.1 Å². The highest BCUT2D eigenvalue weighted by atomic mass is 19.1. The lowest BCUT2D eigenvalue weighted by Crippen LogP contribution is -2.50. The van der Waals surface area contributed by atoms with Crippen LogP contribution in [0.15, 0.2) is 66.7 Å². The van der Waals surface area contributed by atoms with Gasteiger partial charge in [0.1, 0.15) is 17.6 Å². The molecule has 0 saturated heterocycles. The first-order valence-electron chi connectivity index (χ1n) is 10.8. The second kappa shape index (κ2) is 10.8. The number of halogens is 1. The molecule has 1 N–H and O–H groups in total. The van der Waals surface area contributed by atoms with Gasteiger partial charge in [0.15, 0.2) is 6.61 Å². The van der Waals surface area contributed by atoms with Crippen molar-refractivity contribution in [2.75, 3.05) is 6.61 Å². The minimum Gasteiger partial charge on any atom is -0.483 e. The molecule has 32 heavy (non-hydrogen) atoms. The zero-order valence-electron chi connectivity index (χ0n) is 18.7. The molecule has 3 aromatic rings. The SMILES string of the molecule is CC[C@@H](C)NC(=O)[C@H](C)N(Cc1ccc(F)cc1)C(=O)COc1cccc2ccccc12. The van der Waals surface area contributed by atoms with E-state index in [9.17, 15) is 14.0 Å². The van der Waals surface area contributed by atoms with Crippen LogP contribution in [-0.2, 0) is 16.1 Å². The van der Waals surface area contributed by atoms with Crippen LogP contribution in [0.5, 0.6) is 5.75 Å². The van der Waals surface area contributed by atoms with Gasteiger partial charge >= 0.3 is 0 Å². The van der Waals surface area contributed by atoms with Crippen molar-refractivity contribution >= 4 is 22.6 Å². The lowest BCUT2D eigenvalue weighted by atomic mass is 10.1. The summed E-state index contributed by atoms with van der Waals surface area (Å²) in [5.74, 6) is -0.308. The molecule has 0 unspecified atom stereocenters. The maximum absolute atomic E-state index is 13.3. The lowest BCUT2D eigenvalue weighted by molar-refractivity contribution is -0.142. The molecule has 0 spiro atoms. The fraction of sp³-hybridized carbons (Fsp3) is 0.308. The van der Waals surface area contributed by atoms with Gasteiger partial charge in [-0.15, -0.1) is 0 Å². The second-order valence-electron chi connectivity index (χ2n) is 7.91. The molecule has 5 nitrogen and oxygen atoms in total. The Morgan fingerprint density at radius 3 is 2.41 bits per heavy atom. The van der Waals surface area contributed by atoms with E-state index in [0.29, 0.717) is 5.75 Å². The molecular weight excluding hydrogens is 407 g/mol. The second-order valence-corrected chi connectivity index (χ2v) is 7.91. The van der Waals surface area contributed by atoms with Gasteiger partial charge in [0.05, 0.1) is 0 Å². The molecule has 0 radical (unpaired) electrons. The molecule has 0 bridgehead atoms. The van der Waals surface area contributed by atoms with Gasteiger partial charge < -0.3 is 15.0 Å². The van der Waals surface area contributed by atoms with E-state index < -0.39 is 6.04 Å². The van der Waals surface area contributed by atoms with Crippen molar-refractivity contribution in [1.82, 2.24) is 10.2 Å². The van der Waals surface area contributed by atoms with E-state index in [-0.39, 0.29) is 36.8 Å². The van der Waals surface area contributed by atoms with E-state index in [1.54, 1.807) is 19.1 Å². The lowest BCUT2D eigenvalue weighted by Gasteiger charge is -2.29. The summed E-state index contributed by atoms with van der Waals surface area (Å²) in [5.41, 5.74) is 0.730. The maximum Gasteiger partial charge on any atom is 0.261 e. The van der Waals surface area contributed by atoms with Gasteiger partial charge in [-0.05, 0) is 49.4 Å². The van der Waals surface area contributed by atoms with Crippen molar-refractivity contribution in [3.8, 4) is 5.75 Å². The first-order chi connectivity index (χ1) is 15.4. The van der Waals surface area contributed by atoms with Crippen LogP contribution in [0.3, 0.4) is 0 Å². The van der Waals surface area contributed by atoms with Crippen LogP contribution in [0.25, 0.3) is 10.8 Å². The van der Waals surface area contributed by atoms with Crippen LogP contribution in [0.1, 0.15) is 32.8 Å². The summed E-state index contributed by atoms with van der Waals surface area (Å²) >= 11 is 0. The third kappa shape index (κ3) is 5.84. The summed E-state index contributed by atoms with van der Waals surface area (Å²) in [6.07, 6.45) is 0.786. The third-order valence-corrected chi connectivity index (χ3v) is 5.54. The number of benzene rings is 3. The normalized spacial score (nSPS) is 12.8. The first kappa shape index (κ1) is 23.3. The molecule has 0 aliphatic carbocycles. The fourth-order valence-corrected chi connectivity index (χ4v) is 3.38. The van der Waals surface area contributed by atoms with E-state index in [4.69, 9.17) is 4.74 Å². The molecule has 3 rings (SSSR count). The van der Waals surface area contributed by atoms with Crippen LogP contribution < -0.4 is 10.1 Å². The number of hydrogen-bond donors (Lipinski definition) is 1. The van der Waals surface area contributed by atoms with E-state index in [1.165, 1.54) is 17.0 Å². The van der Waals surface area contributed by atoms with Crippen LogP contribution in [0.4, 0.5) is 4.39 Å². The van der Waals surface area contributed by atoms with Crippen LogP contribution >= 0.6 is 0 Å². The Hall–Kier alpha value is -3.41. The summed E-state index contributed by atoms with van der Waals surface area (Å²) in [4.78, 5) is 27.4. The Morgan fingerprint density at radius 1 is 1.00 bits per heavy atom. The number of rotatable bonds is 9. The Bertz CT molecular complexity index is 1060. The first-order valence-corrected chi connectivity index (χ1v) is 10.8. The molecule has 168 valence electrons. The topological polar surface area (TPSA) is 58.6 Å². The van der Waals surface area contributed by atoms with E-state index in [1.807, 2.05) is 56.3 Å². The summed E-state index contributed by atoms with van der Waals surface area (Å²) < 4.78 is 19.2. The highest BCUT2D eigenvalue weighted by molar-refractivity contribution is 5.90. The Morgan fingerprint density at radius 2 is 1.69 bits per heavy atom. The van der Waals surface area contributed by atoms with Crippen LogP contribution in [0, 0.1) is 5.82 Å². The van der Waals surface area contributed by atoms with Crippen molar-refractivity contribution in [2.45, 2.75) is 45.8 Å². The predicted molar refractivity (Wildman–Crippen MR) is 124 cm³/mol. The standard InChI is InChI=1S/C26H29FN2O3/c1-4-18(2)28-26(31)19(3)29(16-20-12-14-22(27)15-13-20)25(30)17-32-24-11-7-9-21-8-5-6-10-23(21)24/h5-15,18-19H,4,16-17H2,1-3H3,(H,28,31)/t18-,19+/m1/s1.